The molecule has 1 amide bonds. The first-order valence-electron chi connectivity index (χ1n) is 7.22. The van der Waals surface area contributed by atoms with Gasteiger partial charge in [-0.15, -0.1) is 0 Å². The molecule has 0 aromatic carbocycles. The Bertz CT molecular complexity index is 357. The lowest BCUT2D eigenvalue weighted by atomic mass is 9.94. The van der Waals surface area contributed by atoms with Gasteiger partial charge in [0.1, 0.15) is 0 Å². The van der Waals surface area contributed by atoms with E-state index in [0.717, 1.165) is 19.3 Å². The van der Waals surface area contributed by atoms with Gasteiger partial charge in [-0.1, -0.05) is 13.3 Å². The molecular formula is C14H23NO4. The van der Waals surface area contributed by atoms with Crippen LogP contribution >= 0.6 is 0 Å². The van der Waals surface area contributed by atoms with Crippen LogP contribution in [0.15, 0.2) is 0 Å². The molecule has 2 N–H and O–H groups in total. The van der Waals surface area contributed by atoms with Crippen LogP contribution in [-0.2, 0) is 9.59 Å². The molecule has 0 aromatic heterocycles. The number of aliphatic carboxylic acids is 1. The average molecular weight is 269 g/mol. The lowest BCUT2D eigenvalue weighted by Gasteiger charge is -2.27. The molecule has 1 aliphatic heterocycles. The molecule has 4 atom stereocenters. The van der Waals surface area contributed by atoms with Crippen LogP contribution in [0, 0.1) is 17.8 Å². The van der Waals surface area contributed by atoms with Crippen LogP contribution in [-0.4, -0.2) is 46.2 Å². The molecule has 5 nitrogen and oxygen atoms in total. The Morgan fingerprint density at radius 1 is 1.26 bits per heavy atom. The summed E-state index contributed by atoms with van der Waals surface area (Å²) in [4.78, 5) is 25.6. The normalized spacial score (nSPS) is 34.7. The summed E-state index contributed by atoms with van der Waals surface area (Å²) in [6.07, 6.45) is 3.94. The molecule has 1 heterocycles. The molecule has 0 aromatic rings. The van der Waals surface area contributed by atoms with Crippen molar-refractivity contribution in [2.75, 3.05) is 13.2 Å². The molecule has 2 rings (SSSR count). The van der Waals surface area contributed by atoms with Crippen LogP contribution in [0.4, 0.5) is 0 Å². The SMILES string of the molecule is CCC1CC(C(=O)O)C(C(=O)N2CCC[C@H]2CO)C1. The van der Waals surface area contributed by atoms with Gasteiger partial charge in [0.15, 0.2) is 0 Å². The molecule has 3 unspecified atom stereocenters. The van der Waals surface area contributed by atoms with Crippen molar-refractivity contribution in [2.45, 2.75) is 45.1 Å². The predicted octanol–water partition coefficient (Wildman–Crippen LogP) is 1.11. The first-order chi connectivity index (χ1) is 9.08. The van der Waals surface area contributed by atoms with Crippen LogP contribution in [0.3, 0.4) is 0 Å². The number of amides is 1. The summed E-state index contributed by atoms with van der Waals surface area (Å²) in [6.45, 7) is 2.68. The highest BCUT2D eigenvalue weighted by molar-refractivity contribution is 5.85. The van der Waals surface area contributed by atoms with E-state index in [1.54, 1.807) is 4.90 Å². The van der Waals surface area contributed by atoms with Crippen molar-refractivity contribution in [2.24, 2.45) is 17.8 Å². The summed E-state index contributed by atoms with van der Waals surface area (Å²) >= 11 is 0. The number of hydrogen-bond acceptors (Lipinski definition) is 3. The quantitative estimate of drug-likeness (QED) is 0.801. The number of likely N-dealkylation sites (tertiary alicyclic amines) is 1. The minimum Gasteiger partial charge on any atom is -0.481 e. The summed E-state index contributed by atoms with van der Waals surface area (Å²) in [5.41, 5.74) is 0. The monoisotopic (exact) mass is 269 g/mol. The number of carbonyl (C=O) groups is 2. The third kappa shape index (κ3) is 2.76. The summed E-state index contributed by atoms with van der Waals surface area (Å²) in [7, 11) is 0. The standard InChI is InChI=1S/C14H23NO4/c1-2-9-6-11(12(7-9)14(18)19)13(17)15-5-3-4-10(15)8-16/h9-12,16H,2-8H2,1H3,(H,18,19)/t9?,10-,11?,12?/m0/s1. The maximum Gasteiger partial charge on any atom is 0.307 e. The van der Waals surface area contributed by atoms with Gasteiger partial charge in [0, 0.05) is 6.54 Å². The highest BCUT2D eigenvalue weighted by Crippen LogP contribution is 2.40. The Morgan fingerprint density at radius 2 is 1.95 bits per heavy atom. The zero-order valence-electron chi connectivity index (χ0n) is 11.4. The second-order valence-electron chi connectivity index (χ2n) is 5.81. The zero-order chi connectivity index (χ0) is 14.0. The van der Waals surface area contributed by atoms with Crippen LogP contribution in [0.25, 0.3) is 0 Å². The maximum atomic E-state index is 12.5. The lowest BCUT2D eigenvalue weighted by molar-refractivity contribution is -0.149. The molecule has 5 heteroatoms. The average Bonchev–Trinajstić information content (AvgIpc) is 3.03. The molecule has 19 heavy (non-hydrogen) atoms. The predicted molar refractivity (Wildman–Crippen MR) is 69.5 cm³/mol. The number of aliphatic hydroxyl groups excluding tert-OH is 1. The highest BCUT2D eigenvalue weighted by atomic mass is 16.4. The van der Waals surface area contributed by atoms with Crippen molar-refractivity contribution < 1.29 is 19.8 Å². The van der Waals surface area contributed by atoms with Gasteiger partial charge >= 0.3 is 5.97 Å². The fraction of sp³-hybridized carbons (Fsp3) is 0.857. The van der Waals surface area contributed by atoms with Crippen LogP contribution < -0.4 is 0 Å². The molecule has 1 saturated heterocycles. The van der Waals surface area contributed by atoms with Gasteiger partial charge < -0.3 is 15.1 Å². The van der Waals surface area contributed by atoms with Crippen molar-refractivity contribution in [3.8, 4) is 0 Å². The van der Waals surface area contributed by atoms with Gasteiger partial charge in [0.2, 0.25) is 5.91 Å². The first kappa shape index (κ1) is 14.3. The second-order valence-corrected chi connectivity index (χ2v) is 5.81. The van der Waals surface area contributed by atoms with Crippen molar-refractivity contribution in [3.05, 3.63) is 0 Å². The van der Waals surface area contributed by atoms with E-state index in [1.807, 2.05) is 6.92 Å². The molecule has 0 radical (unpaired) electrons. The summed E-state index contributed by atoms with van der Waals surface area (Å²) in [5, 5.41) is 18.6. The van der Waals surface area contributed by atoms with Gasteiger partial charge in [-0.2, -0.15) is 0 Å². The first-order valence-corrected chi connectivity index (χ1v) is 7.22. The van der Waals surface area contributed by atoms with E-state index < -0.39 is 17.8 Å². The largest absolute Gasteiger partial charge is 0.481 e. The van der Waals surface area contributed by atoms with Crippen molar-refractivity contribution in [1.29, 1.82) is 0 Å². The molecule has 2 fully saturated rings. The van der Waals surface area contributed by atoms with Crippen LogP contribution in [0.1, 0.15) is 39.0 Å². The Labute approximate surface area is 113 Å². The summed E-state index contributed by atoms with van der Waals surface area (Å²) < 4.78 is 0. The van der Waals surface area contributed by atoms with E-state index in [1.165, 1.54) is 0 Å². The van der Waals surface area contributed by atoms with E-state index in [0.29, 0.717) is 25.3 Å². The Hall–Kier alpha value is -1.10. The lowest BCUT2D eigenvalue weighted by Crippen LogP contribution is -2.43. The number of hydrogen-bond donors (Lipinski definition) is 2. The van der Waals surface area contributed by atoms with Gasteiger partial charge in [0.05, 0.1) is 24.5 Å². The molecule has 2 aliphatic rings. The summed E-state index contributed by atoms with van der Waals surface area (Å²) in [5.74, 6) is -1.51. The minimum atomic E-state index is -0.853. The molecule has 0 spiro atoms. The van der Waals surface area contributed by atoms with E-state index >= 15 is 0 Å². The number of carboxylic acids is 1. The number of rotatable bonds is 4. The van der Waals surface area contributed by atoms with Crippen molar-refractivity contribution >= 4 is 11.9 Å². The molecular weight excluding hydrogens is 246 g/mol. The van der Waals surface area contributed by atoms with E-state index in [9.17, 15) is 19.8 Å². The molecule has 1 saturated carbocycles. The van der Waals surface area contributed by atoms with E-state index in [-0.39, 0.29) is 18.6 Å². The number of carboxylic acid groups (broad SMARTS) is 1. The fourth-order valence-corrected chi connectivity index (χ4v) is 3.55. The van der Waals surface area contributed by atoms with Crippen LogP contribution in [0.5, 0.6) is 0 Å². The fourth-order valence-electron chi connectivity index (χ4n) is 3.55. The molecule has 0 bridgehead atoms. The molecule has 1 aliphatic carbocycles. The van der Waals surface area contributed by atoms with Crippen molar-refractivity contribution in [1.82, 2.24) is 4.90 Å². The number of nitrogens with zero attached hydrogens (tertiary/aromatic N) is 1. The summed E-state index contributed by atoms with van der Waals surface area (Å²) in [6, 6.07) is -0.109. The smallest absolute Gasteiger partial charge is 0.307 e. The third-order valence-corrected chi connectivity index (χ3v) is 4.74. The Morgan fingerprint density at radius 3 is 2.53 bits per heavy atom. The third-order valence-electron chi connectivity index (χ3n) is 4.74. The van der Waals surface area contributed by atoms with Gasteiger partial charge in [0.25, 0.3) is 0 Å². The topological polar surface area (TPSA) is 77.8 Å². The Balaban J connectivity index is 2.10. The second kappa shape index (κ2) is 5.90. The van der Waals surface area contributed by atoms with Gasteiger partial charge in [-0.3, -0.25) is 9.59 Å². The van der Waals surface area contributed by atoms with E-state index in [4.69, 9.17) is 0 Å². The Kier molecular flexibility index (Phi) is 4.45. The minimum absolute atomic E-state index is 0.0204. The van der Waals surface area contributed by atoms with Gasteiger partial charge in [-0.25, -0.2) is 0 Å². The van der Waals surface area contributed by atoms with Crippen LogP contribution in [0.2, 0.25) is 0 Å². The van der Waals surface area contributed by atoms with Gasteiger partial charge in [-0.05, 0) is 31.6 Å². The number of carbonyl (C=O) groups excluding carboxylic acids is 1. The van der Waals surface area contributed by atoms with E-state index in [2.05, 4.69) is 0 Å². The zero-order valence-corrected chi connectivity index (χ0v) is 11.4. The molecule has 108 valence electrons. The van der Waals surface area contributed by atoms with Crippen molar-refractivity contribution in [3.63, 3.8) is 0 Å². The highest BCUT2D eigenvalue weighted by Gasteiger charge is 2.45. The maximum absolute atomic E-state index is 12.5. The number of aliphatic hydroxyl groups is 1.